The van der Waals surface area contributed by atoms with E-state index in [0.717, 1.165) is 10.6 Å². The maximum atomic E-state index is 13.4. The summed E-state index contributed by atoms with van der Waals surface area (Å²) in [6, 6.07) is 20.4. The minimum absolute atomic E-state index is 0.340. The van der Waals surface area contributed by atoms with Crippen LogP contribution in [0.3, 0.4) is 0 Å². The van der Waals surface area contributed by atoms with Crippen molar-refractivity contribution in [2.24, 2.45) is 4.99 Å². The predicted molar refractivity (Wildman–Crippen MR) is 111 cm³/mol. The lowest BCUT2D eigenvalue weighted by atomic mass is 10.0. The fourth-order valence-electron chi connectivity index (χ4n) is 2.81. The first-order chi connectivity index (χ1) is 13.7. The number of rotatable bonds is 4. The summed E-state index contributed by atoms with van der Waals surface area (Å²) in [7, 11) is 0. The van der Waals surface area contributed by atoms with Gasteiger partial charge in [0.15, 0.2) is 0 Å². The number of aromatic nitrogens is 1. The third-order valence-corrected chi connectivity index (χ3v) is 5.02. The maximum Gasteiger partial charge on any atom is 0.345 e. The molecule has 0 aliphatic carbocycles. The van der Waals surface area contributed by atoms with Crippen LogP contribution in [-0.2, 0) is 0 Å². The van der Waals surface area contributed by atoms with Gasteiger partial charge in [-0.05, 0) is 60.0 Å². The van der Waals surface area contributed by atoms with Gasteiger partial charge in [0, 0.05) is 29.2 Å². The largest absolute Gasteiger partial charge is 0.345 e. The molecule has 1 N–H and O–H groups in total. The van der Waals surface area contributed by atoms with Gasteiger partial charge in [-0.2, -0.15) is 4.99 Å². The van der Waals surface area contributed by atoms with Crippen LogP contribution in [0.2, 0.25) is 0 Å². The number of urea groups is 1. The highest BCUT2D eigenvalue weighted by Gasteiger charge is 2.16. The molecule has 0 unspecified atom stereocenters. The van der Waals surface area contributed by atoms with E-state index in [-0.39, 0.29) is 5.82 Å². The van der Waals surface area contributed by atoms with Crippen LogP contribution < -0.4 is 5.32 Å². The molecule has 4 aromatic rings. The molecule has 2 heterocycles. The molecule has 0 fully saturated rings. The maximum absolute atomic E-state index is 13.4. The number of nitrogens with one attached hydrogen (secondary N) is 1. The van der Waals surface area contributed by atoms with E-state index in [0.29, 0.717) is 17.0 Å². The number of halogens is 1. The standard InChI is InChI=1S/C22H16FN3OS/c23-17-10-8-16(9-11-17)20(25-22(27)24-18-6-2-1-3-7-18)19-12-15-28-21(19)26-13-4-5-14-26/h1-15H,(H,24,27)/b25-20+. The van der Waals surface area contributed by atoms with E-state index in [1.165, 1.54) is 12.1 Å². The van der Waals surface area contributed by atoms with Crippen molar-refractivity contribution < 1.29 is 9.18 Å². The summed E-state index contributed by atoms with van der Waals surface area (Å²) in [5.74, 6) is -0.340. The summed E-state index contributed by atoms with van der Waals surface area (Å²) in [4.78, 5) is 16.9. The van der Waals surface area contributed by atoms with Crippen molar-refractivity contribution in [1.82, 2.24) is 4.57 Å². The molecule has 0 aliphatic heterocycles. The molecule has 0 radical (unpaired) electrons. The minimum atomic E-state index is -0.491. The smallest absolute Gasteiger partial charge is 0.315 e. The van der Waals surface area contributed by atoms with E-state index >= 15 is 0 Å². The van der Waals surface area contributed by atoms with E-state index in [1.54, 1.807) is 35.6 Å². The Hall–Kier alpha value is -3.51. The molecule has 28 heavy (non-hydrogen) atoms. The Labute approximate surface area is 165 Å². The molecule has 0 aliphatic rings. The number of amides is 2. The van der Waals surface area contributed by atoms with Gasteiger partial charge in [0.2, 0.25) is 0 Å². The molecule has 138 valence electrons. The summed E-state index contributed by atoms with van der Waals surface area (Å²) in [5, 5.41) is 5.64. The predicted octanol–water partition coefficient (Wildman–Crippen LogP) is 5.75. The van der Waals surface area contributed by atoms with Gasteiger partial charge < -0.3 is 9.88 Å². The van der Waals surface area contributed by atoms with Crippen LogP contribution in [0.15, 0.2) is 95.6 Å². The number of benzene rings is 2. The van der Waals surface area contributed by atoms with Gasteiger partial charge in [0.25, 0.3) is 0 Å². The third-order valence-electron chi connectivity index (χ3n) is 4.09. The molecule has 2 aromatic carbocycles. The van der Waals surface area contributed by atoms with Crippen molar-refractivity contribution >= 4 is 28.8 Å². The zero-order valence-electron chi connectivity index (χ0n) is 14.7. The van der Waals surface area contributed by atoms with Gasteiger partial charge in [-0.15, -0.1) is 11.3 Å². The van der Waals surface area contributed by atoms with E-state index in [2.05, 4.69) is 10.3 Å². The van der Waals surface area contributed by atoms with Crippen LogP contribution in [-0.4, -0.2) is 16.3 Å². The Morgan fingerprint density at radius 3 is 2.36 bits per heavy atom. The Balaban J connectivity index is 1.76. The van der Waals surface area contributed by atoms with Crippen molar-refractivity contribution in [1.29, 1.82) is 0 Å². The lowest BCUT2D eigenvalue weighted by Crippen LogP contribution is -2.13. The third kappa shape index (κ3) is 3.92. The minimum Gasteiger partial charge on any atom is -0.315 e. The van der Waals surface area contributed by atoms with Gasteiger partial charge in [0.1, 0.15) is 10.8 Å². The number of carbonyl (C=O) groups excluding carboxylic acids is 1. The number of hydrogen-bond acceptors (Lipinski definition) is 2. The molecule has 0 spiro atoms. The second kappa shape index (κ2) is 8.02. The first-order valence-electron chi connectivity index (χ1n) is 8.62. The van der Waals surface area contributed by atoms with Gasteiger partial charge in [-0.25, -0.2) is 9.18 Å². The molecule has 6 heteroatoms. The molecule has 4 rings (SSSR count). The van der Waals surface area contributed by atoms with Crippen molar-refractivity contribution in [2.45, 2.75) is 0 Å². The van der Waals surface area contributed by atoms with Crippen LogP contribution in [0.25, 0.3) is 5.00 Å². The van der Waals surface area contributed by atoms with Gasteiger partial charge >= 0.3 is 6.03 Å². The number of thiophene rings is 1. The number of nitrogens with zero attached hydrogens (tertiary/aromatic N) is 2. The first-order valence-corrected chi connectivity index (χ1v) is 9.50. The molecule has 0 bridgehead atoms. The SMILES string of the molecule is O=C(/N=C(\c1ccc(F)cc1)c1ccsc1-n1cccc1)Nc1ccccc1. The normalized spacial score (nSPS) is 11.4. The molecular formula is C22H16FN3OS. The first kappa shape index (κ1) is 17.9. The molecule has 2 aromatic heterocycles. The van der Waals surface area contributed by atoms with Crippen LogP contribution in [0.4, 0.5) is 14.9 Å². The Bertz CT molecular complexity index is 1100. The average Bonchev–Trinajstić information content (AvgIpc) is 3.39. The summed E-state index contributed by atoms with van der Waals surface area (Å²) < 4.78 is 15.4. The summed E-state index contributed by atoms with van der Waals surface area (Å²) in [6.07, 6.45) is 3.86. The molecule has 2 amide bonds. The van der Waals surface area contributed by atoms with Crippen LogP contribution in [0.1, 0.15) is 11.1 Å². The molecule has 0 saturated heterocycles. The lowest BCUT2D eigenvalue weighted by molar-refractivity contribution is 0.259. The average molecular weight is 389 g/mol. The molecule has 0 saturated carbocycles. The van der Waals surface area contributed by atoms with Crippen molar-refractivity contribution in [3.63, 3.8) is 0 Å². The fraction of sp³-hybridized carbons (Fsp3) is 0. The van der Waals surface area contributed by atoms with Crippen molar-refractivity contribution in [3.8, 4) is 5.00 Å². The lowest BCUT2D eigenvalue weighted by Gasteiger charge is -2.10. The van der Waals surface area contributed by atoms with Crippen LogP contribution in [0.5, 0.6) is 0 Å². The number of hydrogen-bond donors (Lipinski definition) is 1. The highest BCUT2D eigenvalue weighted by atomic mass is 32.1. The van der Waals surface area contributed by atoms with E-state index in [4.69, 9.17) is 0 Å². The summed E-state index contributed by atoms with van der Waals surface area (Å²) in [5.41, 5.74) is 2.61. The number of para-hydroxylation sites is 1. The van der Waals surface area contributed by atoms with Crippen molar-refractivity contribution in [3.05, 3.63) is 108 Å². The number of aliphatic imine (C=N–C) groups is 1. The Morgan fingerprint density at radius 1 is 0.929 bits per heavy atom. The second-order valence-corrected chi connectivity index (χ2v) is 6.89. The fourth-order valence-corrected chi connectivity index (χ4v) is 3.68. The van der Waals surface area contributed by atoms with E-state index in [1.807, 2.05) is 58.7 Å². The van der Waals surface area contributed by atoms with E-state index in [9.17, 15) is 9.18 Å². The summed E-state index contributed by atoms with van der Waals surface area (Å²) in [6.45, 7) is 0. The second-order valence-electron chi connectivity index (χ2n) is 5.99. The van der Waals surface area contributed by atoms with Gasteiger partial charge in [0.05, 0.1) is 5.71 Å². The van der Waals surface area contributed by atoms with Crippen LogP contribution in [0, 0.1) is 5.82 Å². The molecule has 4 nitrogen and oxygen atoms in total. The number of carbonyl (C=O) groups is 1. The quantitative estimate of drug-likeness (QED) is 0.444. The van der Waals surface area contributed by atoms with Gasteiger partial charge in [-0.1, -0.05) is 18.2 Å². The highest BCUT2D eigenvalue weighted by molar-refractivity contribution is 7.13. The molecule has 0 atom stereocenters. The monoisotopic (exact) mass is 389 g/mol. The topological polar surface area (TPSA) is 46.4 Å². The highest BCUT2D eigenvalue weighted by Crippen LogP contribution is 2.25. The van der Waals surface area contributed by atoms with Gasteiger partial charge in [-0.3, -0.25) is 0 Å². The zero-order valence-corrected chi connectivity index (χ0v) is 15.6. The molecular weight excluding hydrogens is 373 g/mol. The summed E-state index contributed by atoms with van der Waals surface area (Å²) >= 11 is 1.54. The Kier molecular flexibility index (Phi) is 5.12. The van der Waals surface area contributed by atoms with Crippen molar-refractivity contribution in [2.75, 3.05) is 5.32 Å². The van der Waals surface area contributed by atoms with Crippen LogP contribution >= 0.6 is 11.3 Å². The van der Waals surface area contributed by atoms with E-state index < -0.39 is 6.03 Å². The zero-order chi connectivity index (χ0) is 19.3. The number of anilines is 1. The Morgan fingerprint density at radius 2 is 1.64 bits per heavy atom.